The number of ether oxygens (including phenoxy) is 4. The highest BCUT2D eigenvalue weighted by Gasteiger charge is 2.17. The third kappa shape index (κ3) is 4.74. The fourth-order valence-corrected chi connectivity index (χ4v) is 3.13. The third-order valence-electron chi connectivity index (χ3n) is 4.65. The van der Waals surface area contributed by atoms with Crippen LogP contribution in [-0.2, 0) is 11.3 Å². The molecule has 7 nitrogen and oxygen atoms in total. The predicted molar refractivity (Wildman–Crippen MR) is 107 cm³/mol. The highest BCUT2D eigenvalue weighted by atomic mass is 16.5. The van der Waals surface area contributed by atoms with E-state index in [-0.39, 0.29) is 5.91 Å². The zero-order valence-corrected chi connectivity index (χ0v) is 16.5. The van der Waals surface area contributed by atoms with E-state index < -0.39 is 0 Å². The normalized spacial score (nSPS) is 14.4. The second-order valence-electron chi connectivity index (χ2n) is 6.45. The van der Waals surface area contributed by atoms with Crippen LogP contribution in [0.5, 0.6) is 17.2 Å². The minimum absolute atomic E-state index is 0.250. The van der Waals surface area contributed by atoms with Gasteiger partial charge in [-0.05, 0) is 29.8 Å². The lowest BCUT2D eigenvalue weighted by molar-refractivity contribution is 0.0342. The van der Waals surface area contributed by atoms with Crippen LogP contribution < -0.4 is 19.5 Å². The number of morpholine rings is 1. The van der Waals surface area contributed by atoms with Crippen molar-refractivity contribution < 1.29 is 23.7 Å². The van der Waals surface area contributed by atoms with E-state index in [0.29, 0.717) is 22.8 Å². The summed E-state index contributed by atoms with van der Waals surface area (Å²) in [4.78, 5) is 15.0. The van der Waals surface area contributed by atoms with Gasteiger partial charge in [0.15, 0.2) is 11.5 Å². The molecule has 0 unspecified atom stereocenters. The summed E-state index contributed by atoms with van der Waals surface area (Å²) in [7, 11) is 4.57. The summed E-state index contributed by atoms with van der Waals surface area (Å²) in [6.45, 7) is 4.33. The van der Waals surface area contributed by atoms with Crippen LogP contribution in [0.2, 0.25) is 0 Å². The maximum Gasteiger partial charge on any atom is 0.255 e. The van der Waals surface area contributed by atoms with Crippen LogP contribution in [-0.4, -0.2) is 58.4 Å². The summed E-state index contributed by atoms with van der Waals surface area (Å²) in [6.07, 6.45) is 0. The van der Waals surface area contributed by atoms with Gasteiger partial charge in [-0.25, -0.2) is 0 Å². The average Bonchev–Trinajstić information content (AvgIpc) is 2.74. The Balaban J connectivity index is 1.68. The molecule has 3 rings (SSSR count). The zero-order chi connectivity index (χ0) is 19.9. The Bertz CT molecular complexity index is 776. The Morgan fingerprint density at radius 2 is 1.61 bits per heavy atom. The van der Waals surface area contributed by atoms with Gasteiger partial charge in [0.05, 0.1) is 34.5 Å². The van der Waals surface area contributed by atoms with Crippen LogP contribution in [0.1, 0.15) is 15.9 Å². The van der Waals surface area contributed by atoms with E-state index in [9.17, 15) is 4.79 Å². The molecule has 28 heavy (non-hydrogen) atoms. The fourth-order valence-electron chi connectivity index (χ4n) is 3.13. The quantitative estimate of drug-likeness (QED) is 0.789. The molecular weight excluding hydrogens is 360 g/mol. The summed E-state index contributed by atoms with van der Waals surface area (Å²) >= 11 is 0. The van der Waals surface area contributed by atoms with E-state index in [0.717, 1.165) is 38.5 Å². The molecule has 1 saturated heterocycles. The molecule has 0 saturated carbocycles. The number of nitrogens with one attached hydrogen (secondary N) is 1. The molecule has 7 heteroatoms. The minimum Gasteiger partial charge on any atom is -0.493 e. The topological polar surface area (TPSA) is 69.3 Å². The first kappa shape index (κ1) is 20.0. The van der Waals surface area contributed by atoms with Crippen LogP contribution in [0.25, 0.3) is 0 Å². The van der Waals surface area contributed by atoms with Crippen molar-refractivity contribution in [1.29, 1.82) is 0 Å². The Hall–Kier alpha value is -2.77. The van der Waals surface area contributed by atoms with Gasteiger partial charge in [-0.1, -0.05) is 12.1 Å². The van der Waals surface area contributed by atoms with Crippen molar-refractivity contribution in [2.45, 2.75) is 6.54 Å². The summed E-state index contributed by atoms with van der Waals surface area (Å²) < 4.78 is 21.3. The average molecular weight is 386 g/mol. The molecule has 0 spiro atoms. The van der Waals surface area contributed by atoms with E-state index >= 15 is 0 Å². The molecule has 1 fully saturated rings. The van der Waals surface area contributed by atoms with Crippen LogP contribution in [0, 0.1) is 0 Å². The summed E-state index contributed by atoms with van der Waals surface area (Å²) in [5.74, 6) is 1.08. The third-order valence-corrected chi connectivity index (χ3v) is 4.65. The highest BCUT2D eigenvalue weighted by Crippen LogP contribution is 2.38. The van der Waals surface area contributed by atoms with Crippen LogP contribution >= 0.6 is 0 Å². The Morgan fingerprint density at radius 3 is 2.14 bits per heavy atom. The highest BCUT2D eigenvalue weighted by molar-refractivity contribution is 6.05. The maximum absolute atomic E-state index is 12.7. The Kier molecular flexibility index (Phi) is 6.73. The molecule has 2 aromatic rings. The molecule has 1 aliphatic rings. The first-order valence-corrected chi connectivity index (χ1v) is 9.15. The number of carbonyl (C=O) groups is 1. The second kappa shape index (κ2) is 9.43. The zero-order valence-electron chi connectivity index (χ0n) is 16.5. The summed E-state index contributed by atoms with van der Waals surface area (Å²) in [6, 6.07) is 11.1. The number of benzene rings is 2. The number of hydrogen-bond acceptors (Lipinski definition) is 6. The first-order valence-electron chi connectivity index (χ1n) is 9.15. The largest absolute Gasteiger partial charge is 0.493 e. The molecule has 0 bridgehead atoms. The molecule has 0 aliphatic carbocycles. The molecule has 1 N–H and O–H groups in total. The van der Waals surface area contributed by atoms with E-state index in [4.69, 9.17) is 18.9 Å². The SMILES string of the molecule is COc1cc(C(=O)Nc2ccc(CN3CCOCC3)cc2)cc(OC)c1OC. The van der Waals surface area contributed by atoms with Crippen LogP contribution in [0.15, 0.2) is 36.4 Å². The molecule has 2 aromatic carbocycles. The first-order chi connectivity index (χ1) is 13.6. The van der Waals surface area contributed by atoms with E-state index in [2.05, 4.69) is 10.2 Å². The van der Waals surface area contributed by atoms with E-state index in [1.165, 1.54) is 26.9 Å². The minimum atomic E-state index is -0.250. The predicted octanol–water partition coefficient (Wildman–Crippen LogP) is 2.80. The van der Waals surface area contributed by atoms with Crippen LogP contribution in [0.4, 0.5) is 5.69 Å². The number of anilines is 1. The Morgan fingerprint density at radius 1 is 1.00 bits per heavy atom. The Labute approximate surface area is 165 Å². The smallest absolute Gasteiger partial charge is 0.255 e. The molecule has 1 aliphatic heterocycles. The molecule has 1 heterocycles. The fraction of sp³-hybridized carbons (Fsp3) is 0.381. The number of hydrogen-bond donors (Lipinski definition) is 1. The number of carbonyl (C=O) groups excluding carboxylic acids is 1. The van der Waals surface area contributed by atoms with Crippen molar-refractivity contribution in [3.8, 4) is 17.2 Å². The monoisotopic (exact) mass is 386 g/mol. The second-order valence-corrected chi connectivity index (χ2v) is 6.45. The van der Waals surface area contributed by atoms with Gasteiger partial charge in [0.1, 0.15) is 0 Å². The van der Waals surface area contributed by atoms with E-state index in [1.807, 2.05) is 24.3 Å². The molecule has 0 aromatic heterocycles. The van der Waals surface area contributed by atoms with Crippen molar-refractivity contribution in [2.24, 2.45) is 0 Å². The van der Waals surface area contributed by atoms with Gasteiger partial charge in [-0.2, -0.15) is 0 Å². The number of methoxy groups -OCH3 is 3. The standard InChI is InChI=1S/C21H26N2O5/c1-25-18-12-16(13-19(26-2)20(18)27-3)21(24)22-17-6-4-15(5-7-17)14-23-8-10-28-11-9-23/h4-7,12-13H,8-11,14H2,1-3H3,(H,22,24). The van der Waals surface area contributed by atoms with Crippen molar-refractivity contribution in [2.75, 3.05) is 52.9 Å². The van der Waals surface area contributed by atoms with Gasteiger partial charge in [0.25, 0.3) is 5.91 Å². The van der Waals surface area contributed by atoms with Gasteiger partial charge in [0, 0.05) is 30.9 Å². The molecule has 0 atom stereocenters. The molecular formula is C21H26N2O5. The number of rotatable bonds is 7. The van der Waals surface area contributed by atoms with Gasteiger partial charge >= 0.3 is 0 Å². The van der Waals surface area contributed by atoms with E-state index in [1.54, 1.807) is 12.1 Å². The molecule has 1 amide bonds. The maximum atomic E-state index is 12.7. The number of amides is 1. The lowest BCUT2D eigenvalue weighted by atomic mass is 10.1. The van der Waals surface area contributed by atoms with Gasteiger partial charge in [-0.3, -0.25) is 9.69 Å². The molecule has 150 valence electrons. The lowest BCUT2D eigenvalue weighted by Crippen LogP contribution is -2.35. The summed E-state index contributed by atoms with van der Waals surface area (Å²) in [5, 5.41) is 2.90. The van der Waals surface area contributed by atoms with Crippen molar-refractivity contribution >= 4 is 11.6 Å². The van der Waals surface area contributed by atoms with Gasteiger partial charge in [-0.15, -0.1) is 0 Å². The molecule has 0 radical (unpaired) electrons. The van der Waals surface area contributed by atoms with Crippen LogP contribution in [0.3, 0.4) is 0 Å². The van der Waals surface area contributed by atoms with Crippen molar-refractivity contribution in [3.63, 3.8) is 0 Å². The summed E-state index contributed by atoms with van der Waals surface area (Å²) in [5.41, 5.74) is 2.35. The lowest BCUT2D eigenvalue weighted by Gasteiger charge is -2.26. The van der Waals surface area contributed by atoms with Crippen molar-refractivity contribution in [1.82, 2.24) is 4.90 Å². The van der Waals surface area contributed by atoms with Gasteiger partial charge < -0.3 is 24.3 Å². The van der Waals surface area contributed by atoms with Crippen molar-refractivity contribution in [3.05, 3.63) is 47.5 Å². The number of nitrogens with zero attached hydrogens (tertiary/aromatic N) is 1. The van der Waals surface area contributed by atoms with Gasteiger partial charge in [0.2, 0.25) is 5.75 Å².